The van der Waals surface area contributed by atoms with Crippen LogP contribution in [0, 0.1) is 0 Å². The van der Waals surface area contributed by atoms with E-state index in [1.165, 1.54) is 0 Å². The molecule has 2 heterocycles. The minimum Gasteiger partial charge on any atom is -0.335 e. The summed E-state index contributed by atoms with van der Waals surface area (Å²) in [5.41, 5.74) is 0. The highest BCUT2D eigenvalue weighted by Crippen LogP contribution is 2.14. The van der Waals surface area contributed by atoms with Crippen molar-refractivity contribution in [2.75, 3.05) is 32.7 Å². The average Bonchev–Trinajstić information content (AvgIpc) is 2.40. The second-order valence-electron chi connectivity index (χ2n) is 5.32. The summed E-state index contributed by atoms with van der Waals surface area (Å²) in [7, 11) is 0. The SMILES string of the molecule is CCN1CCC(NC(=O)N2CCC(F)CC2)CC1. The fourth-order valence-electron chi connectivity index (χ4n) is 2.71. The lowest BCUT2D eigenvalue weighted by atomic mass is 10.1. The third-order valence-corrected chi connectivity index (χ3v) is 4.07. The first kappa shape index (κ1) is 13.6. The molecule has 0 aromatic carbocycles. The van der Waals surface area contributed by atoms with Gasteiger partial charge in [0.1, 0.15) is 6.17 Å². The molecule has 4 nitrogen and oxygen atoms in total. The first-order valence-corrected chi connectivity index (χ1v) is 7.11. The topological polar surface area (TPSA) is 35.6 Å². The number of hydrogen-bond donors (Lipinski definition) is 1. The number of carbonyl (C=O) groups is 1. The molecule has 0 aromatic heterocycles. The monoisotopic (exact) mass is 257 g/mol. The van der Waals surface area contributed by atoms with Crippen molar-refractivity contribution in [1.82, 2.24) is 15.1 Å². The Balaban J connectivity index is 1.71. The normalized spacial score (nSPS) is 24.2. The van der Waals surface area contributed by atoms with Crippen LogP contribution in [0.25, 0.3) is 0 Å². The lowest BCUT2D eigenvalue weighted by molar-refractivity contribution is 0.143. The molecule has 0 radical (unpaired) electrons. The number of likely N-dealkylation sites (tertiary alicyclic amines) is 2. The number of carbonyl (C=O) groups excluding carboxylic acids is 1. The fourth-order valence-corrected chi connectivity index (χ4v) is 2.71. The predicted molar refractivity (Wildman–Crippen MR) is 69.4 cm³/mol. The number of nitrogens with one attached hydrogen (secondary N) is 1. The third-order valence-electron chi connectivity index (χ3n) is 4.07. The quantitative estimate of drug-likeness (QED) is 0.816. The summed E-state index contributed by atoms with van der Waals surface area (Å²) in [6.45, 7) is 6.49. The van der Waals surface area contributed by atoms with Gasteiger partial charge in [-0.05, 0) is 32.2 Å². The number of rotatable bonds is 2. The molecule has 2 saturated heterocycles. The molecule has 5 heteroatoms. The Morgan fingerprint density at radius 2 is 1.78 bits per heavy atom. The first-order valence-electron chi connectivity index (χ1n) is 7.11. The Morgan fingerprint density at radius 3 is 2.33 bits per heavy atom. The van der Waals surface area contributed by atoms with Crippen LogP contribution in [0.2, 0.25) is 0 Å². The summed E-state index contributed by atoms with van der Waals surface area (Å²) < 4.78 is 13.0. The van der Waals surface area contributed by atoms with E-state index >= 15 is 0 Å². The van der Waals surface area contributed by atoms with Gasteiger partial charge in [0.05, 0.1) is 0 Å². The van der Waals surface area contributed by atoms with Crippen molar-refractivity contribution in [2.45, 2.75) is 44.8 Å². The summed E-state index contributed by atoms with van der Waals surface area (Å²) in [4.78, 5) is 16.2. The van der Waals surface area contributed by atoms with Gasteiger partial charge in [-0.3, -0.25) is 0 Å². The Hall–Kier alpha value is -0.840. The van der Waals surface area contributed by atoms with E-state index in [2.05, 4.69) is 17.1 Å². The smallest absolute Gasteiger partial charge is 0.317 e. The van der Waals surface area contributed by atoms with Gasteiger partial charge >= 0.3 is 6.03 Å². The molecule has 2 rings (SSSR count). The Labute approximate surface area is 109 Å². The molecule has 2 fully saturated rings. The highest BCUT2D eigenvalue weighted by Gasteiger charge is 2.25. The van der Waals surface area contributed by atoms with E-state index in [9.17, 15) is 9.18 Å². The van der Waals surface area contributed by atoms with Crippen molar-refractivity contribution in [3.05, 3.63) is 0 Å². The van der Waals surface area contributed by atoms with Crippen molar-refractivity contribution in [1.29, 1.82) is 0 Å². The summed E-state index contributed by atoms with van der Waals surface area (Å²) in [5, 5.41) is 3.09. The third kappa shape index (κ3) is 3.57. The van der Waals surface area contributed by atoms with Crippen LogP contribution in [0.3, 0.4) is 0 Å². The average molecular weight is 257 g/mol. The fraction of sp³-hybridized carbons (Fsp3) is 0.923. The number of halogens is 1. The maximum Gasteiger partial charge on any atom is 0.317 e. The molecule has 0 bridgehead atoms. The van der Waals surface area contributed by atoms with Crippen LogP contribution in [0.15, 0.2) is 0 Å². The van der Waals surface area contributed by atoms with Gasteiger partial charge in [-0.25, -0.2) is 9.18 Å². The largest absolute Gasteiger partial charge is 0.335 e. The Morgan fingerprint density at radius 1 is 1.17 bits per heavy atom. The van der Waals surface area contributed by atoms with Gasteiger partial charge in [0.2, 0.25) is 0 Å². The second-order valence-corrected chi connectivity index (χ2v) is 5.32. The van der Waals surface area contributed by atoms with Crippen molar-refractivity contribution >= 4 is 6.03 Å². The van der Waals surface area contributed by atoms with Crippen LogP contribution < -0.4 is 5.32 Å². The van der Waals surface area contributed by atoms with E-state index in [-0.39, 0.29) is 6.03 Å². The summed E-state index contributed by atoms with van der Waals surface area (Å²) in [6, 6.07) is 0.292. The van der Waals surface area contributed by atoms with E-state index in [1.54, 1.807) is 4.90 Å². The minimum absolute atomic E-state index is 0.00292. The number of piperidine rings is 2. The molecule has 0 saturated carbocycles. The van der Waals surface area contributed by atoms with Crippen LogP contribution >= 0.6 is 0 Å². The number of amides is 2. The van der Waals surface area contributed by atoms with E-state index in [4.69, 9.17) is 0 Å². The molecule has 0 atom stereocenters. The maximum atomic E-state index is 13.0. The molecular weight excluding hydrogens is 233 g/mol. The number of nitrogens with zero attached hydrogens (tertiary/aromatic N) is 2. The number of urea groups is 1. The van der Waals surface area contributed by atoms with Crippen LogP contribution in [-0.4, -0.2) is 60.8 Å². The highest BCUT2D eigenvalue weighted by molar-refractivity contribution is 5.74. The van der Waals surface area contributed by atoms with Crippen molar-refractivity contribution < 1.29 is 9.18 Å². The summed E-state index contributed by atoms with van der Waals surface area (Å²) in [5.74, 6) is 0. The summed E-state index contributed by atoms with van der Waals surface area (Å²) in [6.07, 6.45) is 2.31. The van der Waals surface area contributed by atoms with E-state index in [0.717, 1.165) is 32.5 Å². The molecule has 0 aromatic rings. The molecular formula is C13H24FN3O. The molecule has 0 spiro atoms. The molecule has 0 unspecified atom stereocenters. The van der Waals surface area contributed by atoms with E-state index in [1.807, 2.05) is 0 Å². The van der Waals surface area contributed by atoms with Crippen LogP contribution in [0.5, 0.6) is 0 Å². The van der Waals surface area contributed by atoms with Gasteiger partial charge in [-0.1, -0.05) is 6.92 Å². The molecule has 18 heavy (non-hydrogen) atoms. The Bertz CT molecular complexity index is 271. The Kier molecular flexibility index (Phi) is 4.80. The number of hydrogen-bond acceptors (Lipinski definition) is 2. The van der Waals surface area contributed by atoms with Gasteiger partial charge < -0.3 is 15.1 Å². The van der Waals surface area contributed by atoms with Crippen molar-refractivity contribution in [2.24, 2.45) is 0 Å². The number of alkyl halides is 1. The zero-order valence-corrected chi connectivity index (χ0v) is 11.2. The van der Waals surface area contributed by atoms with Crippen molar-refractivity contribution in [3.8, 4) is 0 Å². The van der Waals surface area contributed by atoms with Gasteiger partial charge in [0.25, 0.3) is 0 Å². The zero-order valence-electron chi connectivity index (χ0n) is 11.2. The summed E-state index contributed by atoms with van der Waals surface area (Å²) >= 11 is 0. The molecule has 2 aliphatic rings. The van der Waals surface area contributed by atoms with Crippen LogP contribution in [0.1, 0.15) is 32.6 Å². The molecule has 104 valence electrons. The minimum atomic E-state index is -0.721. The van der Waals surface area contributed by atoms with Crippen LogP contribution in [-0.2, 0) is 0 Å². The second kappa shape index (κ2) is 6.36. The highest BCUT2D eigenvalue weighted by atomic mass is 19.1. The van der Waals surface area contributed by atoms with E-state index in [0.29, 0.717) is 32.0 Å². The van der Waals surface area contributed by atoms with E-state index < -0.39 is 6.17 Å². The first-order chi connectivity index (χ1) is 8.69. The van der Waals surface area contributed by atoms with Gasteiger partial charge in [0, 0.05) is 32.2 Å². The van der Waals surface area contributed by atoms with Crippen LogP contribution in [0.4, 0.5) is 9.18 Å². The van der Waals surface area contributed by atoms with Gasteiger partial charge in [0.15, 0.2) is 0 Å². The molecule has 2 aliphatic heterocycles. The lowest BCUT2D eigenvalue weighted by Gasteiger charge is -2.34. The van der Waals surface area contributed by atoms with Gasteiger partial charge in [-0.15, -0.1) is 0 Å². The standard InChI is InChI=1S/C13H24FN3O/c1-2-16-7-5-12(6-8-16)15-13(18)17-9-3-11(14)4-10-17/h11-12H,2-10H2,1H3,(H,15,18). The predicted octanol–water partition coefficient (Wildman–Crippen LogP) is 1.61. The zero-order chi connectivity index (χ0) is 13.0. The molecule has 1 N–H and O–H groups in total. The van der Waals surface area contributed by atoms with Gasteiger partial charge in [-0.2, -0.15) is 0 Å². The molecule has 2 amide bonds. The maximum absolute atomic E-state index is 13.0. The molecule has 0 aliphatic carbocycles. The van der Waals surface area contributed by atoms with Crippen molar-refractivity contribution in [3.63, 3.8) is 0 Å². The lowest BCUT2D eigenvalue weighted by Crippen LogP contribution is -2.51.